The van der Waals surface area contributed by atoms with Gasteiger partial charge in [-0.15, -0.1) is 24.0 Å². The van der Waals surface area contributed by atoms with Crippen LogP contribution in [-0.2, 0) is 10.2 Å². The third kappa shape index (κ3) is 6.50. The summed E-state index contributed by atoms with van der Waals surface area (Å²) in [7, 11) is 3.54. The number of guanidine groups is 1. The summed E-state index contributed by atoms with van der Waals surface area (Å²) in [5.74, 6) is 2.09. The number of rotatable bonds is 6. The van der Waals surface area contributed by atoms with Gasteiger partial charge in [0.2, 0.25) is 5.91 Å². The van der Waals surface area contributed by atoms with E-state index in [4.69, 9.17) is 4.74 Å². The molecule has 2 heterocycles. The van der Waals surface area contributed by atoms with Crippen molar-refractivity contribution in [2.45, 2.75) is 45.1 Å². The monoisotopic (exact) mass is 557 g/mol. The highest BCUT2D eigenvalue weighted by molar-refractivity contribution is 14.0. The van der Waals surface area contributed by atoms with E-state index in [2.05, 4.69) is 53.0 Å². The molecule has 2 aliphatic rings. The standard InChI is InChI=1S/C24H39N5O2.HI/c1-19(22(30)28-11-6-7-12-28)27-13-15-29(16-14-27)23(25-4)26-18-24(2,3)20-9-8-10-21(17-20)31-5;/h8-10,17,19H,6-7,11-16,18H2,1-5H3,(H,25,26);1H. The highest BCUT2D eigenvalue weighted by atomic mass is 127. The minimum absolute atomic E-state index is 0. The van der Waals surface area contributed by atoms with Crippen LogP contribution in [0.5, 0.6) is 5.75 Å². The molecule has 2 aliphatic heterocycles. The molecule has 0 aromatic heterocycles. The number of methoxy groups -OCH3 is 1. The quantitative estimate of drug-likeness (QED) is 0.331. The molecule has 180 valence electrons. The fourth-order valence-electron chi connectivity index (χ4n) is 4.46. The maximum atomic E-state index is 12.7. The summed E-state index contributed by atoms with van der Waals surface area (Å²) in [5.41, 5.74) is 1.16. The van der Waals surface area contributed by atoms with Gasteiger partial charge in [-0.1, -0.05) is 26.0 Å². The second kappa shape index (κ2) is 12.1. The fourth-order valence-corrected chi connectivity index (χ4v) is 4.46. The van der Waals surface area contributed by atoms with Gasteiger partial charge in [0, 0.05) is 58.3 Å². The first kappa shape index (κ1) is 26.7. The molecule has 0 bridgehead atoms. The molecule has 1 N–H and O–H groups in total. The van der Waals surface area contributed by atoms with Crippen LogP contribution in [0.3, 0.4) is 0 Å². The lowest BCUT2D eigenvalue weighted by molar-refractivity contribution is -0.135. The van der Waals surface area contributed by atoms with Crippen LogP contribution in [0, 0.1) is 0 Å². The maximum Gasteiger partial charge on any atom is 0.239 e. The van der Waals surface area contributed by atoms with Crippen molar-refractivity contribution in [2.24, 2.45) is 4.99 Å². The minimum Gasteiger partial charge on any atom is -0.497 e. The van der Waals surface area contributed by atoms with E-state index in [9.17, 15) is 4.79 Å². The molecule has 1 unspecified atom stereocenters. The molecule has 0 aliphatic carbocycles. The summed E-state index contributed by atoms with van der Waals surface area (Å²) < 4.78 is 5.39. The first-order valence-electron chi connectivity index (χ1n) is 11.5. The number of nitrogens with zero attached hydrogens (tertiary/aromatic N) is 4. The number of amides is 1. The zero-order valence-electron chi connectivity index (χ0n) is 20.3. The number of hydrogen-bond donors (Lipinski definition) is 1. The summed E-state index contributed by atoms with van der Waals surface area (Å²) >= 11 is 0. The lowest BCUT2D eigenvalue weighted by Crippen LogP contribution is -2.57. The number of benzene rings is 1. The Balaban J connectivity index is 0.00000363. The van der Waals surface area contributed by atoms with Crippen molar-refractivity contribution in [1.82, 2.24) is 20.0 Å². The molecule has 2 saturated heterocycles. The van der Waals surface area contributed by atoms with Gasteiger partial charge in [0.1, 0.15) is 5.75 Å². The Morgan fingerprint density at radius 1 is 1.12 bits per heavy atom. The van der Waals surface area contributed by atoms with Gasteiger partial charge >= 0.3 is 0 Å². The first-order chi connectivity index (χ1) is 14.9. The molecule has 32 heavy (non-hydrogen) atoms. The van der Waals surface area contributed by atoms with E-state index in [0.717, 1.165) is 70.4 Å². The van der Waals surface area contributed by atoms with Crippen molar-refractivity contribution in [3.05, 3.63) is 29.8 Å². The van der Waals surface area contributed by atoms with E-state index >= 15 is 0 Å². The third-order valence-electron chi connectivity index (χ3n) is 6.69. The zero-order valence-corrected chi connectivity index (χ0v) is 22.6. The highest BCUT2D eigenvalue weighted by Gasteiger charge is 2.31. The van der Waals surface area contributed by atoms with E-state index in [1.165, 1.54) is 5.56 Å². The van der Waals surface area contributed by atoms with Crippen molar-refractivity contribution in [2.75, 3.05) is 60.0 Å². The summed E-state index contributed by atoms with van der Waals surface area (Å²) in [6.45, 7) is 12.6. The second-order valence-corrected chi connectivity index (χ2v) is 9.25. The van der Waals surface area contributed by atoms with Crippen molar-refractivity contribution in [3.8, 4) is 5.75 Å². The van der Waals surface area contributed by atoms with Crippen molar-refractivity contribution in [3.63, 3.8) is 0 Å². The van der Waals surface area contributed by atoms with Gasteiger partial charge in [0.25, 0.3) is 0 Å². The molecule has 1 amide bonds. The molecular formula is C24H40IN5O2. The molecule has 0 saturated carbocycles. The summed E-state index contributed by atoms with van der Waals surface area (Å²) in [6.07, 6.45) is 2.28. The van der Waals surface area contributed by atoms with Crippen LogP contribution in [0.2, 0.25) is 0 Å². The number of nitrogens with one attached hydrogen (secondary N) is 1. The number of halogens is 1. The molecule has 2 fully saturated rings. The predicted molar refractivity (Wildman–Crippen MR) is 141 cm³/mol. The normalized spacial score (nSPS) is 18.8. The maximum absolute atomic E-state index is 12.7. The van der Waals surface area contributed by atoms with Crippen LogP contribution in [0.1, 0.15) is 39.2 Å². The molecule has 0 spiro atoms. The van der Waals surface area contributed by atoms with Crippen molar-refractivity contribution >= 4 is 35.8 Å². The van der Waals surface area contributed by atoms with Crippen LogP contribution in [0.15, 0.2) is 29.3 Å². The van der Waals surface area contributed by atoms with Crippen molar-refractivity contribution in [1.29, 1.82) is 0 Å². The Labute approximate surface area is 210 Å². The molecule has 1 aromatic carbocycles. The highest BCUT2D eigenvalue weighted by Crippen LogP contribution is 2.26. The Kier molecular flexibility index (Phi) is 10.1. The topological polar surface area (TPSA) is 60.4 Å². The largest absolute Gasteiger partial charge is 0.497 e. The molecule has 0 radical (unpaired) electrons. The number of carbonyl (C=O) groups excluding carboxylic acids is 1. The second-order valence-electron chi connectivity index (χ2n) is 9.25. The number of piperazine rings is 1. The van der Waals surface area contributed by atoms with E-state index < -0.39 is 0 Å². The number of hydrogen-bond acceptors (Lipinski definition) is 4. The van der Waals surface area contributed by atoms with E-state index in [1.807, 2.05) is 24.1 Å². The van der Waals surface area contributed by atoms with Crippen LogP contribution < -0.4 is 10.1 Å². The lowest BCUT2D eigenvalue weighted by Gasteiger charge is -2.40. The Morgan fingerprint density at radius 2 is 1.78 bits per heavy atom. The van der Waals surface area contributed by atoms with Gasteiger partial charge in [0.15, 0.2) is 5.96 Å². The van der Waals surface area contributed by atoms with Crippen molar-refractivity contribution < 1.29 is 9.53 Å². The summed E-state index contributed by atoms with van der Waals surface area (Å²) in [6, 6.07) is 8.21. The average molecular weight is 558 g/mol. The van der Waals surface area contributed by atoms with E-state index in [1.54, 1.807) is 7.11 Å². The van der Waals surface area contributed by atoms with Gasteiger partial charge in [0.05, 0.1) is 13.2 Å². The molecular weight excluding hydrogens is 517 g/mol. The van der Waals surface area contributed by atoms with Crippen LogP contribution in [-0.4, -0.2) is 92.6 Å². The van der Waals surface area contributed by atoms with E-state index in [-0.39, 0.29) is 41.3 Å². The van der Waals surface area contributed by atoms with Crippen LogP contribution in [0.4, 0.5) is 0 Å². The molecule has 1 atom stereocenters. The molecule has 7 nitrogen and oxygen atoms in total. The van der Waals surface area contributed by atoms with Crippen LogP contribution >= 0.6 is 24.0 Å². The Hall–Kier alpha value is -1.55. The van der Waals surface area contributed by atoms with Crippen LogP contribution in [0.25, 0.3) is 0 Å². The number of ether oxygens (including phenoxy) is 1. The average Bonchev–Trinajstić information content (AvgIpc) is 3.34. The van der Waals surface area contributed by atoms with Gasteiger partial charge < -0.3 is 19.9 Å². The predicted octanol–water partition coefficient (Wildman–Crippen LogP) is 2.79. The Bertz CT molecular complexity index is 771. The Morgan fingerprint density at radius 3 is 2.38 bits per heavy atom. The molecule has 8 heteroatoms. The number of carbonyl (C=O) groups is 1. The fraction of sp³-hybridized carbons (Fsp3) is 0.667. The summed E-state index contributed by atoms with van der Waals surface area (Å²) in [4.78, 5) is 23.9. The van der Waals surface area contributed by atoms with Gasteiger partial charge in [-0.05, 0) is 37.5 Å². The van der Waals surface area contributed by atoms with E-state index in [0.29, 0.717) is 0 Å². The molecule has 3 rings (SSSR count). The number of likely N-dealkylation sites (tertiary alicyclic amines) is 1. The lowest BCUT2D eigenvalue weighted by atomic mass is 9.84. The summed E-state index contributed by atoms with van der Waals surface area (Å²) in [5, 5.41) is 3.57. The van der Waals surface area contributed by atoms with Gasteiger partial charge in [-0.25, -0.2) is 0 Å². The minimum atomic E-state index is -0.0665. The number of aliphatic imine (C=N–C) groups is 1. The SMILES string of the molecule is CN=C(NCC(C)(C)c1cccc(OC)c1)N1CCN(C(C)C(=O)N2CCCC2)CC1.I. The van der Waals surface area contributed by atoms with Gasteiger partial charge in [-0.3, -0.25) is 14.7 Å². The van der Waals surface area contributed by atoms with Gasteiger partial charge in [-0.2, -0.15) is 0 Å². The first-order valence-corrected chi connectivity index (χ1v) is 11.5. The molecule has 1 aromatic rings. The zero-order chi connectivity index (χ0) is 22.4. The third-order valence-corrected chi connectivity index (χ3v) is 6.69. The smallest absolute Gasteiger partial charge is 0.239 e.